The molecule has 0 aromatic rings. The van der Waals surface area contributed by atoms with Gasteiger partial charge < -0.3 is 20.1 Å². The summed E-state index contributed by atoms with van der Waals surface area (Å²) >= 11 is 0. The van der Waals surface area contributed by atoms with Crippen molar-refractivity contribution >= 4 is 19.8 Å². The second-order valence-corrected chi connectivity index (χ2v) is 15.3. The number of hydrogen-bond acceptors (Lipinski definition) is 8. The SMILES string of the molecule is CC/C=C\C/C=C\C/C=C\C/C=C\C/C=C\CCCCCC(=O)OC(COC(=O)CCCCCCC/C=C\C/C=C\CCCCCC)COP(=O)(O)OCCN. The van der Waals surface area contributed by atoms with Crippen LogP contribution in [0.4, 0.5) is 0 Å². The van der Waals surface area contributed by atoms with Crippen LogP contribution in [0.2, 0.25) is 0 Å². The maximum absolute atomic E-state index is 12.6. The summed E-state index contributed by atoms with van der Waals surface area (Å²) in [4.78, 5) is 34.9. The smallest absolute Gasteiger partial charge is 0.462 e. The van der Waals surface area contributed by atoms with Crippen LogP contribution in [0.3, 0.4) is 0 Å². The standard InChI is InChI=1S/C46H78NO8P/c1-3-5-7-9-11-13-15-17-19-21-22-23-25-27-29-31-33-35-37-39-46(49)55-44(43-54-56(50,51)53-41-40-47)42-52-45(48)38-36-34-32-30-28-26-24-20-18-16-14-12-10-8-6-4-2/h5,7,11,13-14,16-17,19-20,22-24,27,29,44H,3-4,6,8-10,12,15,18,21,25-26,28,30-43,47H2,1-2H3,(H,50,51)/b7-5-,13-11-,16-14-,19-17-,23-22-,24-20-,29-27-. The molecule has 320 valence electrons. The van der Waals surface area contributed by atoms with Gasteiger partial charge in [-0.1, -0.05) is 144 Å². The van der Waals surface area contributed by atoms with E-state index in [2.05, 4.69) is 98.9 Å². The molecule has 0 fully saturated rings. The van der Waals surface area contributed by atoms with Gasteiger partial charge in [-0.2, -0.15) is 0 Å². The summed E-state index contributed by atoms with van der Waals surface area (Å²) in [6.45, 7) is 3.52. The third-order valence-corrected chi connectivity index (χ3v) is 9.50. The maximum Gasteiger partial charge on any atom is 0.472 e. The highest BCUT2D eigenvalue weighted by Gasteiger charge is 2.25. The average molecular weight is 804 g/mol. The van der Waals surface area contributed by atoms with Crippen LogP contribution < -0.4 is 5.73 Å². The van der Waals surface area contributed by atoms with E-state index in [4.69, 9.17) is 24.3 Å². The van der Waals surface area contributed by atoms with Crippen molar-refractivity contribution in [2.75, 3.05) is 26.4 Å². The molecule has 0 rings (SSSR count). The Hall–Kier alpha value is -2.81. The van der Waals surface area contributed by atoms with Gasteiger partial charge in [-0.25, -0.2) is 4.57 Å². The summed E-state index contributed by atoms with van der Waals surface area (Å²) in [6.07, 6.45) is 51.8. The molecule has 9 nitrogen and oxygen atoms in total. The molecule has 3 N–H and O–H groups in total. The predicted octanol–water partition coefficient (Wildman–Crippen LogP) is 12.4. The van der Waals surface area contributed by atoms with E-state index < -0.39 is 32.5 Å². The Morgan fingerprint density at radius 2 is 0.982 bits per heavy atom. The molecule has 0 aliphatic heterocycles. The maximum atomic E-state index is 12.6. The van der Waals surface area contributed by atoms with Crippen LogP contribution in [0.15, 0.2) is 85.1 Å². The Kier molecular flexibility index (Phi) is 39.7. The van der Waals surface area contributed by atoms with Gasteiger partial charge in [0.2, 0.25) is 0 Å². The second kappa shape index (κ2) is 41.8. The van der Waals surface area contributed by atoms with E-state index in [0.29, 0.717) is 12.8 Å². The quantitative estimate of drug-likeness (QED) is 0.0269. The molecule has 2 unspecified atom stereocenters. The van der Waals surface area contributed by atoms with Crippen molar-refractivity contribution in [1.29, 1.82) is 0 Å². The number of hydrogen-bond donors (Lipinski definition) is 2. The van der Waals surface area contributed by atoms with Gasteiger partial charge in [0.25, 0.3) is 0 Å². The van der Waals surface area contributed by atoms with Crippen LogP contribution in [-0.4, -0.2) is 49.3 Å². The Morgan fingerprint density at radius 3 is 1.48 bits per heavy atom. The number of carbonyl (C=O) groups excluding carboxylic acids is 2. The summed E-state index contributed by atoms with van der Waals surface area (Å²) in [5, 5.41) is 0. The molecule has 0 aliphatic rings. The predicted molar refractivity (Wildman–Crippen MR) is 233 cm³/mol. The first-order chi connectivity index (χ1) is 27.3. The van der Waals surface area contributed by atoms with Crippen LogP contribution in [0.5, 0.6) is 0 Å². The fourth-order valence-electron chi connectivity index (χ4n) is 5.34. The van der Waals surface area contributed by atoms with E-state index in [1.807, 2.05) is 0 Å². The van der Waals surface area contributed by atoms with E-state index in [-0.39, 0.29) is 32.6 Å². The van der Waals surface area contributed by atoms with Crippen LogP contribution in [0.25, 0.3) is 0 Å². The van der Waals surface area contributed by atoms with Crippen molar-refractivity contribution in [3.63, 3.8) is 0 Å². The Balaban J connectivity index is 4.28. The number of phosphoric ester groups is 1. The molecular formula is C46H78NO8P. The van der Waals surface area contributed by atoms with E-state index in [1.54, 1.807) is 0 Å². The molecule has 0 heterocycles. The summed E-state index contributed by atoms with van der Waals surface area (Å²) in [7, 11) is -4.40. The highest BCUT2D eigenvalue weighted by molar-refractivity contribution is 7.47. The van der Waals surface area contributed by atoms with Gasteiger partial charge in [0.15, 0.2) is 6.10 Å². The summed E-state index contributed by atoms with van der Waals surface area (Å²) < 4.78 is 32.7. The Labute approximate surface area is 341 Å². The molecule has 56 heavy (non-hydrogen) atoms. The lowest BCUT2D eigenvalue weighted by Crippen LogP contribution is -2.29. The molecule has 0 saturated carbocycles. The number of allylic oxidation sites excluding steroid dienone is 14. The lowest BCUT2D eigenvalue weighted by molar-refractivity contribution is -0.161. The molecule has 0 bridgehead atoms. The number of nitrogens with two attached hydrogens (primary N) is 1. The lowest BCUT2D eigenvalue weighted by Gasteiger charge is -2.19. The minimum atomic E-state index is -4.40. The van der Waals surface area contributed by atoms with Crippen LogP contribution >= 0.6 is 7.82 Å². The molecule has 0 amide bonds. The number of rotatable bonds is 39. The van der Waals surface area contributed by atoms with Crippen molar-refractivity contribution in [1.82, 2.24) is 0 Å². The molecule has 0 aliphatic carbocycles. The van der Waals surface area contributed by atoms with Crippen LogP contribution in [0, 0.1) is 0 Å². The molecular weight excluding hydrogens is 725 g/mol. The zero-order valence-corrected chi connectivity index (χ0v) is 36.0. The van der Waals surface area contributed by atoms with Crippen LogP contribution in [0.1, 0.15) is 162 Å². The van der Waals surface area contributed by atoms with Crippen molar-refractivity contribution in [3.05, 3.63) is 85.1 Å². The van der Waals surface area contributed by atoms with Gasteiger partial charge in [0.1, 0.15) is 6.61 Å². The number of unbranched alkanes of at least 4 members (excludes halogenated alkanes) is 12. The normalized spacial score (nSPS) is 14.1. The first-order valence-electron chi connectivity index (χ1n) is 21.6. The monoisotopic (exact) mass is 804 g/mol. The zero-order chi connectivity index (χ0) is 41.1. The largest absolute Gasteiger partial charge is 0.472 e. The molecule has 2 atom stereocenters. The Bertz CT molecular complexity index is 1190. The highest BCUT2D eigenvalue weighted by Crippen LogP contribution is 2.43. The van der Waals surface area contributed by atoms with Gasteiger partial charge in [-0.05, 0) is 89.9 Å². The van der Waals surface area contributed by atoms with Crippen molar-refractivity contribution in [2.45, 2.75) is 168 Å². The van der Waals surface area contributed by atoms with E-state index in [0.717, 1.165) is 89.9 Å². The minimum absolute atomic E-state index is 0.0409. The highest BCUT2D eigenvalue weighted by atomic mass is 31.2. The van der Waals surface area contributed by atoms with Crippen molar-refractivity contribution in [2.24, 2.45) is 5.73 Å². The van der Waals surface area contributed by atoms with Gasteiger partial charge in [-0.3, -0.25) is 18.6 Å². The number of esters is 2. The average Bonchev–Trinajstić information content (AvgIpc) is 3.18. The van der Waals surface area contributed by atoms with Gasteiger partial charge >= 0.3 is 19.8 Å². The lowest BCUT2D eigenvalue weighted by atomic mass is 10.1. The first-order valence-corrected chi connectivity index (χ1v) is 23.1. The second-order valence-electron chi connectivity index (χ2n) is 13.8. The number of phosphoric acid groups is 1. The summed E-state index contributed by atoms with van der Waals surface area (Å²) in [5.41, 5.74) is 5.34. The fourth-order valence-corrected chi connectivity index (χ4v) is 6.10. The molecule has 0 aromatic heterocycles. The zero-order valence-electron chi connectivity index (χ0n) is 35.1. The molecule has 0 radical (unpaired) electrons. The topological polar surface area (TPSA) is 134 Å². The number of carbonyl (C=O) groups is 2. The third-order valence-electron chi connectivity index (χ3n) is 8.52. The van der Waals surface area contributed by atoms with E-state index in [9.17, 15) is 19.0 Å². The summed E-state index contributed by atoms with van der Waals surface area (Å²) in [6, 6.07) is 0. The molecule has 10 heteroatoms. The Morgan fingerprint density at radius 1 is 0.554 bits per heavy atom. The fraction of sp³-hybridized carbons (Fsp3) is 0.652. The molecule has 0 saturated heterocycles. The van der Waals surface area contributed by atoms with Gasteiger partial charge in [0, 0.05) is 19.4 Å². The van der Waals surface area contributed by atoms with Crippen molar-refractivity contribution in [3.8, 4) is 0 Å². The van der Waals surface area contributed by atoms with Crippen molar-refractivity contribution < 1.29 is 37.6 Å². The molecule has 0 aromatic carbocycles. The third kappa shape index (κ3) is 40.8. The van der Waals surface area contributed by atoms with E-state index >= 15 is 0 Å². The van der Waals surface area contributed by atoms with E-state index in [1.165, 1.54) is 32.1 Å². The van der Waals surface area contributed by atoms with Crippen LogP contribution in [-0.2, 0) is 32.7 Å². The van der Waals surface area contributed by atoms with Gasteiger partial charge in [0.05, 0.1) is 13.2 Å². The summed E-state index contributed by atoms with van der Waals surface area (Å²) in [5.74, 6) is -0.890. The molecule has 0 spiro atoms. The first kappa shape index (κ1) is 53.2. The number of ether oxygens (including phenoxy) is 2. The minimum Gasteiger partial charge on any atom is -0.462 e. The van der Waals surface area contributed by atoms with Gasteiger partial charge in [-0.15, -0.1) is 0 Å².